The summed E-state index contributed by atoms with van der Waals surface area (Å²) in [6.07, 6.45) is 0. The van der Waals surface area contributed by atoms with Gasteiger partial charge < -0.3 is 9.47 Å². The Bertz CT molecular complexity index is 772. The zero-order chi connectivity index (χ0) is 18.9. The summed E-state index contributed by atoms with van der Waals surface area (Å²) < 4.78 is 12.1. The minimum atomic E-state index is -0.102. The Hall–Kier alpha value is -2.62. The van der Waals surface area contributed by atoms with E-state index in [1.807, 2.05) is 36.4 Å². The van der Waals surface area contributed by atoms with Gasteiger partial charge in [0.2, 0.25) is 0 Å². The summed E-state index contributed by atoms with van der Waals surface area (Å²) >= 11 is 0. The molecule has 0 saturated carbocycles. The molecular weight excluding hydrogens is 336 g/mol. The highest BCUT2D eigenvalue weighted by Crippen LogP contribution is 2.37. The SMILES string of the molecule is CC(C)(C)C(C1=N[C@@H](c2ccccc2)CO1)C1=N[C@@H](c2ccccc2)CO1. The number of rotatable bonds is 4. The maximum atomic E-state index is 6.05. The van der Waals surface area contributed by atoms with Crippen molar-refractivity contribution in [2.24, 2.45) is 21.3 Å². The molecule has 0 spiro atoms. The van der Waals surface area contributed by atoms with Crippen LogP contribution in [0.1, 0.15) is 44.0 Å². The number of ether oxygens (including phenoxy) is 2. The summed E-state index contributed by atoms with van der Waals surface area (Å²) in [7, 11) is 0. The molecule has 0 radical (unpaired) electrons. The first kappa shape index (κ1) is 17.8. The molecule has 4 rings (SSSR count). The molecule has 0 unspecified atom stereocenters. The highest BCUT2D eigenvalue weighted by molar-refractivity contribution is 6.02. The molecule has 27 heavy (non-hydrogen) atoms. The van der Waals surface area contributed by atoms with Crippen LogP contribution >= 0.6 is 0 Å². The first-order valence-electron chi connectivity index (χ1n) is 9.53. The van der Waals surface area contributed by atoms with E-state index in [2.05, 4.69) is 45.0 Å². The van der Waals surface area contributed by atoms with E-state index in [1.54, 1.807) is 0 Å². The molecule has 2 aromatic rings. The van der Waals surface area contributed by atoms with Gasteiger partial charge in [0.15, 0.2) is 11.8 Å². The van der Waals surface area contributed by atoms with Gasteiger partial charge in [-0.15, -0.1) is 0 Å². The van der Waals surface area contributed by atoms with E-state index in [1.165, 1.54) is 11.1 Å². The van der Waals surface area contributed by atoms with Crippen LogP contribution in [-0.2, 0) is 9.47 Å². The number of aliphatic imine (C=N–C) groups is 2. The fourth-order valence-corrected chi connectivity index (χ4v) is 3.64. The zero-order valence-electron chi connectivity index (χ0n) is 16.1. The molecule has 2 aromatic carbocycles. The van der Waals surface area contributed by atoms with Crippen LogP contribution in [-0.4, -0.2) is 25.0 Å². The number of hydrogen-bond acceptors (Lipinski definition) is 4. The van der Waals surface area contributed by atoms with Crippen LogP contribution in [0.25, 0.3) is 0 Å². The average molecular weight is 362 g/mol. The van der Waals surface area contributed by atoms with Crippen LogP contribution in [0.3, 0.4) is 0 Å². The molecule has 0 bridgehead atoms. The van der Waals surface area contributed by atoms with Gasteiger partial charge in [-0.25, -0.2) is 9.98 Å². The van der Waals surface area contributed by atoms with E-state index in [-0.39, 0.29) is 23.4 Å². The average Bonchev–Trinajstić information content (AvgIpc) is 3.33. The second-order valence-corrected chi connectivity index (χ2v) is 8.21. The van der Waals surface area contributed by atoms with E-state index in [0.717, 1.165) is 11.8 Å². The molecule has 0 aliphatic carbocycles. The quantitative estimate of drug-likeness (QED) is 0.769. The number of benzene rings is 2. The highest BCUT2D eigenvalue weighted by atomic mass is 16.5. The number of nitrogens with zero attached hydrogens (tertiary/aromatic N) is 2. The molecule has 2 heterocycles. The van der Waals surface area contributed by atoms with Crippen molar-refractivity contribution in [1.29, 1.82) is 0 Å². The molecule has 0 N–H and O–H groups in total. The molecular formula is C23H26N2O2. The highest BCUT2D eigenvalue weighted by Gasteiger charge is 2.42. The Morgan fingerprint density at radius 2 is 1.15 bits per heavy atom. The van der Waals surface area contributed by atoms with Crippen LogP contribution in [0.15, 0.2) is 70.6 Å². The zero-order valence-corrected chi connectivity index (χ0v) is 16.1. The molecule has 4 nitrogen and oxygen atoms in total. The molecule has 0 saturated heterocycles. The van der Waals surface area contributed by atoms with Crippen molar-refractivity contribution in [3.63, 3.8) is 0 Å². The van der Waals surface area contributed by atoms with Gasteiger partial charge in [0, 0.05) is 0 Å². The van der Waals surface area contributed by atoms with E-state index < -0.39 is 0 Å². The van der Waals surface area contributed by atoms with Crippen LogP contribution in [0, 0.1) is 11.3 Å². The normalized spacial score (nSPS) is 22.2. The Morgan fingerprint density at radius 3 is 1.52 bits per heavy atom. The summed E-state index contributed by atoms with van der Waals surface area (Å²) in [5.41, 5.74) is 2.25. The van der Waals surface area contributed by atoms with E-state index in [4.69, 9.17) is 19.5 Å². The Balaban J connectivity index is 1.62. The molecule has 140 valence electrons. The predicted octanol–water partition coefficient (Wildman–Crippen LogP) is 4.99. The third-order valence-electron chi connectivity index (χ3n) is 5.07. The van der Waals surface area contributed by atoms with Gasteiger partial charge in [-0.3, -0.25) is 0 Å². The van der Waals surface area contributed by atoms with Crippen LogP contribution in [0.2, 0.25) is 0 Å². The fraction of sp³-hybridized carbons (Fsp3) is 0.391. The Labute approximate surface area is 161 Å². The van der Waals surface area contributed by atoms with Gasteiger partial charge in [0.25, 0.3) is 0 Å². The van der Waals surface area contributed by atoms with Crippen molar-refractivity contribution >= 4 is 11.8 Å². The second-order valence-electron chi connectivity index (χ2n) is 8.21. The van der Waals surface area contributed by atoms with Crippen molar-refractivity contribution in [3.05, 3.63) is 71.8 Å². The molecule has 0 aromatic heterocycles. The van der Waals surface area contributed by atoms with Crippen molar-refractivity contribution < 1.29 is 9.47 Å². The lowest BCUT2D eigenvalue weighted by Crippen LogP contribution is -2.36. The van der Waals surface area contributed by atoms with Gasteiger partial charge in [-0.05, 0) is 16.5 Å². The maximum Gasteiger partial charge on any atom is 0.197 e. The number of hydrogen-bond donors (Lipinski definition) is 0. The topological polar surface area (TPSA) is 43.2 Å². The second kappa shape index (κ2) is 7.18. The summed E-state index contributed by atoms with van der Waals surface area (Å²) in [6.45, 7) is 7.69. The Kier molecular flexibility index (Phi) is 4.73. The largest absolute Gasteiger partial charge is 0.478 e. The summed E-state index contributed by atoms with van der Waals surface area (Å²) in [5, 5.41) is 0. The fourth-order valence-electron chi connectivity index (χ4n) is 3.64. The van der Waals surface area contributed by atoms with Crippen molar-refractivity contribution in [2.45, 2.75) is 32.9 Å². The molecule has 0 amide bonds. The molecule has 0 fully saturated rings. The predicted molar refractivity (Wildman–Crippen MR) is 108 cm³/mol. The van der Waals surface area contributed by atoms with Crippen LogP contribution < -0.4 is 0 Å². The van der Waals surface area contributed by atoms with Crippen molar-refractivity contribution in [3.8, 4) is 0 Å². The van der Waals surface area contributed by atoms with Crippen LogP contribution in [0.5, 0.6) is 0 Å². The van der Waals surface area contributed by atoms with Gasteiger partial charge in [-0.1, -0.05) is 81.4 Å². The molecule has 4 heteroatoms. The standard InChI is InChI=1S/C23H26N2O2/c1-23(2,3)20(21-24-18(14-26-21)16-10-6-4-7-11-16)22-25-19(15-27-22)17-12-8-5-9-13-17/h4-13,18-20H,14-15H2,1-3H3/t18-,19-/m1/s1. The minimum Gasteiger partial charge on any atom is -0.478 e. The lowest BCUT2D eigenvalue weighted by atomic mass is 9.80. The lowest BCUT2D eigenvalue weighted by molar-refractivity contribution is 0.239. The van der Waals surface area contributed by atoms with E-state index in [9.17, 15) is 0 Å². The summed E-state index contributed by atoms with van der Waals surface area (Å²) in [6, 6.07) is 20.7. The minimum absolute atomic E-state index is 0.0398. The Morgan fingerprint density at radius 1 is 0.741 bits per heavy atom. The first-order chi connectivity index (χ1) is 13.0. The van der Waals surface area contributed by atoms with Gasteiger partial charge in [-0.2, -0.15) is 0 Å². The van der Waals surface area contributed by atoms with E-state index >= 15 is 0 Å². The monoisotopic (exact) mass is 362 g/mol. The van der Waals surface area contributed by atoms with Gasteiger partial charge >= 0.3 is 0 Å². The third-order valence-corrected chi connectivity index (χ3v) is 5.07. The smallest absolute Gasteiger partial charge is 0.197 e. The van der Waals surface area contributed by atoms with Crippen molar-refractivity contribution in [2.75, 3.05) is 13.2 Å². The summed E-state index contributed by atoms with van der Waals surface area (Å²) in [4.78, 5) is 9.80. The van der Waals surface area contributed by atoms with Crippen molar-refractivity contribution in [1.82, 2.24) is 0 Å². The lowest BCUT2D eigenvalue weighted by Gasteiger charge is -2.29. The van der Waals surface area contributed by atoms with Crippen LogP contribution in [0.4, 0.5) is 0 Å². The first-order valence-corrected chi connectivity index (χ1v) is 9.53. The van der Waals surface area contributed by atoms with E-state index in [0.29, 0.717) is 13.2 Å². The molecule has 2 aliphatic heterocycles. The molecule has 2 aliphatic rings. The summed E-state index contributed by atoms with van der Waals surface area (Å²) in [5.74, 6) is 1.40. The molecule has 2 atom stereocenters. The maximum absolute atomic E-state index is 6.05. The van der Waals surface area contributed by atoms with Gasteiger partial charge in [0.05, 0.1) is 0 Å². The van der Waals surface area contributed by atoms with Gasteiger partial charge in [0.1, 0.15) is 31.2 Å². The third kappa shape index (κ3) is 3.75.